The van der Waals surface area contributed by atoms with Crippen molar-refractivity contribution < 1.29 is 4.74 Å². The van der Waals surface area contributed by atoms with Gasteiger partial charge >= 0.3 is 0 Å². The summed E-state index contributed by atoms with van der Waals surface area (Å²) in [5.41, 5.74) is 2.49. The molecule has 25 heavy (non-hydrogen) atoms. The van der Waals surface area contributed by atoms with Crippen LogP contribution in [-0.2, 0) is 11.3 Å². The minimum absolute atomic E-state index is 0.107. The average molecular weight is 334 g/mol. The molecule has 0 amide bonds. The molecule has 1 aromatic carbocycles. The van der Waals surface area contributed by atoms with Crippen LogP contribution in [0.2, 0.25) is 0 Å². The van der Waals surface area contributed by atoms with E-state index < -0.39 is 0 Å². The Morgan fingerprint density at radius 2 is 2.16 bits per heavy atom. The highest BCUT2D eigenvalue weighted by Crippen LogP contribution is 2.36. The third-order valence-electron chi connectivity index (χ3n) is 4.88. The molecule has 126 valence electrons. The SMILES string of the molecule is C1=CC2CC(Nc3ncnc4c3nnn4Cc3ccccc3)(C1)CO2. The monoisotopic (exact) mass is 334 g/mol. The molecule has 0 spiro atoms. The Labute approximate surface area is 144 Å². The normalized spacial score (nSPS) is 24.7. The summed E-state index contributed by atoms with van der Waals surface area (Å²) in [6, 6.07) is 10.2. The number of hydrogen-bond acceptors (Lipinski definition) is 6. The number of aromatic nitrogens is 5. The van der Waals surface area contributed by atoms with Gasteiger partial charge in [-0.05, 0) is 12.0 Å². The molecule has 2 bridgehead atoms. The van der Waals surface area contributed by atoms with Gasteiger partial charge in [-0.3, -0.25) is 0 Å². The lowest BCUT2D eigenvalue weighted by molar-refractivity contribution is 0.140. The second-order valence-electron chi connectivity index (χ2n) is 6.72. The number of nitrogens with one attached hydrogen (secondary N) is 1. The molecule has 2 atom stereocenters. The van der Waals surface area contributed by atoms with Crippen LogP contribution < -0.4 is 5.32 Å². The zero-order valence-electron chi connectivity index (χ0n) is 13.7. The molecule has 5 rings (SSSR count). The van der Waals surface area contributed by atoms with E-state index in [1.165, 1.54) is 0 Å². The number of anilines is 1. The quantitative estimate of drug-likeness (QED) is 0.737. The fourth-order valence-corrected chi connectivity index (χ4v) is 3.62. The highest BCUT2D eigenvalue weighted by molar-refractivity contribution is 5.82. The first-order chi connectivity index (χ1) is 12.3. The number of fused-ring (bicyclic) bond motifs is 3. The third kappa shape index (κ3) is 2.56. The molecule has 1 saturated heterocycles. The van der Waals surface area contributed by atoms with E-state index in [1.54, 1.807) is 6.33 Å². The van der Waals surface area contributed by atoms with Crippen molar-refractivity contribution in [1.82, 2.24) is 25.0 Å². The van der Waals surface area contributed by atoms with Crippen LogP contribution in [0.15, 0.2) is 48.8 Å². The van der Waals surface area contributed by atoms with Gasteiger partial charge in [0.25, 0.3) is 0 Å². The summed E-state index contributed by atoms with van der Waals surface area (Å²) in [5.74, 6) is 0.726. The van der Waals surface area contributed by atoms with Gasteiger partial charge in [-0.2, -0.15) is 0 Å². The first-order valence-corrected chi connectivity index (χ1v) is 8.46. The zero-order chi connectivity index (χ0) is 16.7. The molecule has 1 fully saturated rings. The predicted octanol–water partition coefficient (Wildman–Crippen LogP) is 2.17. The van der Waals surface area contributed by atoms with Gasteiger partial charge in [0.1, 0.15) is 6.33 Å². The van der Waals surface area contributed by atoms with Crippen LogP contribution in [0.4, 0.5) is 5.82 Å². The molecule has 7 heteroatoms. The third-order valence-corrected chi connectivity index (χ3v) is 4.88. The maximum absolute atomic E-state index is 5.81. The minimum Gasteiger partial charge on any atom is -0.372 e. The molecule has 1 aliphatic carbocycles. The molecule has 3 aromatic rings. The Balaban J connectivity index is 1.48. The fraction of sp³-hybridized carbons (Fsp3) is 0.333. The smallest absolute Gasteiger partial charge is 0.184 e. The first kappa shape index (κ1) is 14.5. The second-order valence-corrected chi connectivity index (χ2v) is 6.72. The van der Waals surface area contributed by atoms with Crippen molar-refractivity contribution in [2.24, 2.45) is 0 Å². The van der Waals surface area contributed by atoms with Gasteiger partial charge in [0.15, 0.2) is 17.0 Å². The summed E-state index contributed by atoms with van der Waals surface area (Å²) >= 11 is 0. The van der Waals surface area contributed by atoms with Crippen molar-refractivity contribution in [2.75, 3.05) is 11.9 Å². The van der Waals surface area contributed by atoms with Crippen LogP contribution in [0.25, 0.3) is 11.2 Å². The van der Waals surface area contributed by atoms with Crippen LogP contribution in [-0.4, -0.2) is 43.2 Å². The van der Waals surface area contributed by atoms with Crippen LogP contribution in [0.1, 0.15) is 18.4 Å². The highest BCUT2D eigenvalue weighted by atomic mass is 16.5. The maximum Gasteiger partial charge on any atom is 0.184 e. The van der Waals surface area contributed by atoms with Crippen molar-refractivity contribution in [1.29, 1.82) is 0 Å². The molecule has 3 heterocycles. The summed E-state index contributed by atoms with van der Waals surface area (Å²) in [7, 11) is 0. The molecule has 0 radical (unpaired) electrons. The summed E-state index contributed by atoms with van der Waals surface area (Å²) in [6.45, 7) is 1.31. The number of nitrogens with zero attached hydrogens (tertiary/aromatic N) is 5. The fourth-order valence-electron chi connectivity index (χ4n) is 3.62. The standard InChI is InChI=1S/C18H18N6O/c1-2-5-13(6-3-1)10-24-17-15(22-23-24)16(19-12-20-17)21-18-8-4-7-14(9-18)25-11-18/h1-7,12,14H,8-11H2,(H,19,20,21). The van der Waals surface area contributed by atoms with Gasteiger partial charge in [-0.1, -0.05) is 47.7 Å². The molecule has 1 N–H and O–H groups in total. The number of benzene rings is 1. The lowest BCUT2D eigenvalue weighted by Crippen LogP contribution is -2.40. The van der Waals surface area contributed by atoms with Crippen molar-refractivity contribution in [3.63, 3.8) is 0 Å². The Hall–Kier alpha value is -2.80. The molecule has 2 aromatic heterocycles. The molecule has 0 saturated carbocycles. The van der Waals surface area contributed by atoms with Crippen molar-refractivity contribution >= 4 is 17.0 Å². The van der Waals surface area contributed by atoms with Crippen LogP contribution in [0.5, 0.6) is 0 Å². The maximum atomic E-state index is 5.81. The molecule has 2 unspecified atom stereocenters. The Bertz CT molecular complexity index is 937. The Morgan fingerprint density at radius 3 is 3.08 bits per heavy atom. The Kier molecular flexibility index (Phi) is 3.27. The minimum atomic E-state index is -0.107. The Morgan fingerprint density at radius 1 is 1.24 bits per heavy atom. The topological polar surface area (TPSA) is 77.8 Å². The summed E-state index contributed by atoms with van der Waals surface area (Å²) in [5, 5.41) is 12.2. The van der Waals surface area contributed by atoms with Crippen molar-refractivity contribution in [2.45, 2.75) is 31.0 Å². The van der Waals surface area contributed by atoms with E-state index >= 15 is 0 Å². The number of ether oxygens (including phenoxy) is 1. The summed E-state index contributed by atoms with van der Waals surface area (Å²) in [4.78, 5) is 8.81. The van der Waals surface area contributed by atoms with Crippen LogP contribution in [0.3, 0.4) is 0 Å². The van der Waals surface area contributed by atoms with E-state index in [2.05, 4.69) is 49.9 Å². The van der Waals surface area contributed by atoms with E-state index in [9.17, 15) is 0 Å². The van der Waals surface area contributed by atoms with E-state index in [4.69, 9.17) is 4.74 Å². The van der Waals surface area contributed by atoms with Crippen molar-refractivity contribution in [3.8, 4) is 0 Å². The molecular weight excluding hydrogens is 316 g/mol. The van der Waals surface area contributed by atoms with E-state index in [1.807, 2.05) is 22.9 Å². The summed E-state index contributed by atoms with van der Waals surface area (Å²) in [6.07, 6.45) is 7.96. The largest absolute Gasteiger partial charge is 0.372 e. The van der Waals surface area contributed by atoms with Gasteiger partial charge in [-0.25, -0.2) is 14.6 Å². The van der Waals surface area contributed by atoms with Crippen LogP contribution in [0, 0.1) is 0 Å². The van der Waals surface area contributed by atoms with Gasteiger partial charge in [0.05, 0.1) is 24.8 Å². The predicted molar refractivity (Wildman–Crippen MR) is 93.1 cm³/mol. The van der Waals surface area contributed by atoms with E-state index in [0.717, 1.165) is 29.9 Å². The van der Waals surface area contributed by atoms with Gasteiger partial charge < -0.3 is 10.1 Å². The van der Waals surface area contributed by atoms with Gasteiger partial charge in [0, 0.05) is 6.42 Å². The lowest BCUT2D eigenvalue weighted by atomic mass is 9.87. The molecule has 7 nitrogen and oxygen atoms in total. The average Bonchev–Trinajstić information content (AvgIpc) is 3.18. The molecular formula is C18H18N6O. The molecule has 1 aliphatic heterocycles. The van der Waals surface area contributed by atoms with Crippen LogP contribution >= 0.6 is 0 Å². The lowest BCUT2D eigenvalue weighted by Gasteiger charge is -2.29. The second kappa shape index (κ2) is 5.63. The van der Waals surface area contributed by atoms with E-state index in [-0.39, 0.29) is 11.6 Å². The van der Waals surface area contributed by atoms with Gasteiger partial charge in [0.2, 0.25) is 0 Å². The van der Waals surface area contributed by atoms with E-state index in [0.29, 0.717) is 18.7 Å². The van der Waals surface area contributed by atoms with Gasteiger partial charge in [-0.15, -0.1) is 5.10 Å². The first-order valence-electron chi connectivity index (χ1n) is 8.46. The summed E-state index contributed by atoms with van der Waals surface area (Å²) < 4.78 is 7.62. The zero-order valence-corrected chi connectivity index (χ0v) is 13.7. The molecule has 2 aliphatic rings. The number of rotatable bonds is 4. The highest BCUT2D eigenvalue weighted by Gasteiger charge is 2.41. The van der Waals surface area contributed by atoms with Crippen molar-refractivity contribution in [3.05, 3.63) is 54.4 Å². The number of hydrogen-bond donors (Lipinski definition) is 1.